The normalized spacial score (nSPS) is 14.9. The van der Waals surface area contributed by atoms with Crippen molar-refractivity contribution in [3.8, 4) is 11.1 Å². The lowest BCUT2D eigenvalue weighted by Crippen LogP contribution is -2.40. The molecule has 2 aromatic rings. The number of benzene rings is 2. The summed E-state index contributed by atoms with van der Waals surface area (Å²) in [6, 6.07) is 16.6. The molecule has 1 atom stereocenters. The minimum absolute atomic E-state index is 0.0313. The van der Waals surface area contributed by atoms with Gasteiger partial charge in [0.2, 0.25) is 0 Å². The molecule has 0 saturated carbocycles. The summed E-state index contributed by atoms with van der Waals surface area (Å²) in [7, 11) is -1.78. The van der Waals surface area contributed by atoms with Gasteiger partial charge >= 0.3 is 6.16 Å². The maximum Gasteiger partial charge on any atom is 0.508 e. The van der Waals surface area contributed by atoms with Crippen molar-refractivity contribution in [2.24, 2.45) is 0 Å². The Hall–Kier alpha value is -2.37. The van der Waals surface area contributed by atoms with Crippen molar-refractivity contribution in [1.82, 2.24) is 0 Å². The molecule has 1 aliphatic rings. The molecule has 0 aliphatic heterocycles. The van der Waals surface area contributed by atoms with Crippen molar-refractivity contribution in [2.45, 2.75) is 57.8 Å². The van der Waals surface area contributed by atoms with Crippen LogP contribution in [0.25, 0.3) is 11.1 Å². The number of ether oxygens (including phenoxy) is 2. The van der Waals surface area contributed by atoms with Crippen molar-refractivity contribution in [3.05, 3.63) is 71.8 Å². The first-order valence-corrected chi connectivity index (χ1v) is 13.8. The van der Waals surface area contributed by atoms with Crippen LogP contribution in [0.15, 0.2) is 60.7 Å². The van der Waals surface area contributed by atoms with Gasteiger partial charge in [0, 0.05) is 5.92 Å². The van der Waals surface area contributed by atoms with E-state index in [1.54, 1.807) is 0 Å². The lowest BCUT2D eigenvalue weighted by atomic mass is 9.98. The lowest BCUT2D eigenvalue weighted by Gasteiger charge is -2.35. The maximum atomic E-state index is 12.3. The number of carbonyl (C=O) groups is 1. The fourth-order valence-electron chi connectivity index (χ4n) is 3.54. The number of carbonyl (C=O) groups excluding carboxylic acids is 1. The molecule has 0 spiro atoms. The Morgan fingerprint density at radius 1 is 1.03 bits per heavy atom. The summed E-state index contributed by atoms with van der Waals surface area (Å²) in [5.74, 6) is 0.0313. The van der Waals surface area contributed by atoms with Gasteiger partial charge in [0.15, 0.2) is 8.32 Å². The molecular formula is C26H34O4Si. The predicted octanol–water partition coefficient (Wildman–Crippen LogP) is 6.92. The molecule has 3 rings (SSSR count). The molecule has 0 aromatic heterocycles. The fraction of sp³-hybridized carbons (Fsp3) is 0.423. The van der Waals surface area contributed by atoms with Gasteiger partial charge in [0.25, 0.3) is 0 Å². The quantitative estimate of drug-likeness (QED) is 0.267. The third kappa shape index (κ3) is 5.46. The number of fused-ring (bicyclic) bond motifs is 3. The van der Waals surface area contributed by atoms with Gasteiger partial charge in [-0.25, -0.2) is 4.79 Å². The van der Waals surface area contributed by atoms with Crippen LogP contribution in [0.4, 0.5) is 4.79 Å². The standard InChI is InChI=1S/C26H34O4Si/c1-19(12-11-17-29-31(5,6)26(2,3)4)30-25(27)28-18-24-22-15-9-7-13-20(22)21-14-8-10-16-23(21)24/h7-16,19,24H,17-18H2,1-6H3/b12-11-/t19-/m0/s1. The van der Waals surface area contributed by atoms with Gasteiger partial charge in [0.1, 0.15) is 12.7 Å². The minimum atomic E-state index is -1.78. The first kappa shape index (κ1) is 23.3. The van der Waals surface area contributed by atoms with Crippen LogP contribution in [0.5, 0.6) is 0 Å². The molecule has 166 valence electrons. The summed E-state index contributed by atoms with van der Waals surface area (Å²) in [5, 5.41) is 0.171. The molecule has 0 unspecified atom stereocenters. The topological polar surface area (TPSA) is 44.8 Å². The second-order valence-electron chi connectivity index (χ2n) is 9.61. The summed E-state index contributed by atoms with van der Waals surface area (Å²) in [5.41, 5.74) is 4.79. The summed E-state index contributed by atoms with van der Waals surface area (Å²) in [6.07, 6.45) is 2.74. The molecule has 0 bridgehead atoms. The highest BCUT2D eigenvalue weighted by Gasteiger charge is 2.36. The van der Waals surface area contributed by atoms with E-state index in [1.807, 2.05) is 43.3 Å². The van der Waals surface area contributed by atoms with Gasteiger partial charge in [-0.15, -0.1) is 0 Å². The second-order valence-corrected chi connectivity index (χ2v) is 14.4. The van der Waals surface area contributed by atoms with Gasteiger partial charge in [-0.1, -0.05) is 75.4 Å². The Bertz CT molecular complexity index is 897. The van der Waals surface area contributed by atoms with Crippen molar-refractivity contribution in [3.63, 3.8) is 0 Å². The molecule has 0 radical (unpaired) electrons. The molecule has 0 fully saturated rings. The molecule has 0 saturated heterocycles. The number of hydrogen-bond acceptors (Lipinski definition) is 4. The van der Waals surface area contributed by atoms with E-state index in [2.05, 4.69) is 58.1 Å². The number of hydrogen-bond donors (Lipinski definition) is 0. The first-order valence-electron chi connectivity index (χ1n) is 10.9. The maximum absolute atomic E-state index is 12.3. The predicted molar refractivity (Wildman–Crippen MR) is 128 cm³/mol. The zero-order valence-corrected chi connectivity index (χ0v) is 20.5. The third-order valence-corrected chi connectivity index (χ3v) is 10.9. The lowest BCUT2D eigenvalue weighted by molar-refractivity contribution is 0.0401. The van der Waals surface area contributed by atoms with E-state index in [0.29, 0.717) is 6.61 Å². The molecule has 5 heteroatoms. The highest BCUT2D eigenvalue weighted by molar-refractivity contribution is 6.74. The van der Waals surface area contributed by atoms with E-state index in [-0.39, 0.29) is 23.7 Å². The molecular weight excluding hydrogens is 404 g/mol. The Morgan fingerprint density at radius 3 is 2.13 bits per heavy atom. The second kappa shape index (κ2) is 9.41. The van der Waals surface area contributed by atoms with Gasteiger partial charge in [-0.2, -0.15) is 0 Å². The highest BCUT2D eigenvalue weighted by atomic mass is 28.4. The zero-order chi connectivity index (χ0) is 22.6. The number of rotatable bonds is 7. The van der Waals surface area contributed by atoms with Gasteiger partial charge < -0.3 is 13.9 Å². The monoisotopic (exact) mass is 438 g/mol. The van der Waals surface area contributed by atoms with Crippen LogP contribution in [0.2, 0.25) is 18.1 Å². The van der Waals surface area contributed by atoms with E-state index in [4.69, 9.17) is 13.9 Å². The fourth-order valence-corrected chi connectivity index (χ4v) is 4.48. The van der Waals surface area contributed by atoms with Crippen LogP contribution in [-0.2, 0) is 13.9 Å². The SMILES string of the molecule is C[C@@H](/C=C\CO[Si](C)(C)C(C)(C)C)OC(=O)OCC1c2ccccc2-c2ccccc21. The van der Waals surface area contributed by atoms with E-state index in [0.717, 1.165) is 0 Å². The smallest absolute Gasteiger partial charge is 0.433 e. The summed E-state index contributed by atoms with van der Waals surface area (Å²) < 4.78 is 17.0. The molecule has 0 N–H and O–H groups in total. The van der Waals surface area contributed by atoms with Gasteiger partial charge in [-0.05, 0) is 53.4 Å². The molecule has 0 heterocycles. The Balaban J connectivity index is 1.51. The van der Waals surface area contributed by atoms with Gasteiger partial charge in [0.05, 0.1) is 6.61 Å². The average molecular weight is 439 g/mol. The molecule has 1 aliphatic carbocycles. The third-order valence-electron chi connectivity index (χ3n) is 6.37. The summed E-state index contributed by atoms with van der Waals surface area (Å²) in [4.78, 5) is 12.3. The van der Waals surface area contributed by atoms with Gasteiger partial charge in [-0.3, -0.25) is 0 Å². The average Bonchev–Trinajstić information content (AvgIpc) is 3.03. The molecule has 31 heavy (non-hydrogen) atoms. The Kier molecular flexibility index (Phi) is 7.07. The van der Waals surface area contributed by atoms with Crippen LogP contribution in [0, 0.1) is 0 Å². The molecule has 4 nitrogen and oxygen atoms in total. The molecule has 2 aromatic carbocycles. The minimum Gasteiger partial charge on any atom is -0.433 e. The Morgan fingerprint density at radius 2 is 1.58 bits per heavy atom. The van der Waals surface area contributed by atoms with Crippen LogP contribution in [0.1, 0.15) is 44.7 Å². The highest BCUT2D eigenvalue weighted by Crippen LogP contribution is 2.44. The first-order chi connectivity index (χ1) is 14.6. The van der Waals surface area contributed by atoms with Crippen molar-refractivity contribution < 1.29 is 18.7 Å². The largest absolute Gasteiger partial charge is 0.508 e. The van der Waals surface area contributed by atoms with Crippen LogP contribution < -0.4 is 0 Å². The van der Waals surface area contributed by atoms with Crippen LogP contribution in [0.3, 0.4) is 0 Å². The summed E-state index contributed by atoms with van der Waals surface area (Å²) >= 11 is 0. The summed E-state index contributed by atoms with van der Waals surface area (Å²) in [6.45, 7) is 13.7. The Labute approximate surface area is 187 Å². The van der Waals surface area contributed by atoms with Crippen molar-refractivity contribution in [1.29, 1.82) is 0 Å². The van der Waals surface area contributed by atoms with E-state index >= 15 is 0 Å². The van der Waals surface area contributed by atoms with E-state index in [9.17, 15) is 4.79 Å². The molecule has 0 amide bonds. The van der Waals surface area contributed by atoms with Crippen LogP contribution >= 0.6 is 0 Å². The van der Waals surface area contributed by atoms with Crippen molar-refractivity contribution in [2.75, 3.05) is 13.2 Å². The van der Waals surface area contributed by atoms with E-state index in [1.165, 1.54) is 22.3 Å². The van der Waals surface area contributed by atoms with E-state index < -0.39 is 14.5 Å². The van der Waals surface area contributed by atoms with Crippen molar-refractivity contribution >= 4 is 14.5 Å². The van der Waals surface area contributed by atoms with Crippen LogP contribution in [-0.4, -0.2) is 33.8 Å². The zero-order valence-electron chi connectivity index (χ0n) is 19.5.